The number of aromatic nitrogens is 2. The molecule has 55 heavy (non-hydrogen) atoms. The molecule has 3 heterocycles. The molecular weight excluding hydrogens is 685 g/mol. The van der Waals surface area contributed by atoms with Crippen LogP contribution in [-0.4, -0.2) is 9.13 Å². The van der Waals surface area contributed by atoms with Crippen LogP contribution >= 0.6 is 11.3 Å². The van der Waals surface area contributed by atoms with Crippen molar-refractivity contribution in [1.29, 1.82) is 0 Å². The highest BCUT2D eigenvalue weighted by molar-refractivity contribution is 7.25. The van der Waals surface area contributed by atoms with E-state index in [0.717, 1.165) is 0 Å². The molecular formula is C52H32N2S. The molecule has 0 amide bonds. The quantitative estimate of drug-likeness (QED) is 0.172. The van der Waals surface area contributed by atoms with Crippen LogP contribution in [0.15, 0.2) is 194 Å². The predicted octanol–water partition coefficient (Wildman–Crippen LogP) is 14.7. The number of fused-ring (bicyclic) bond motifs is 11. The van der Waals surface area contributed by atoms with Gasteiger partial charge in [0.05, 0.1) is 27.8 Å². The van der Waals surface area contributed by atoms with E-state index in [4.69, 9.17) is 0 Å². The van der Waals surface area contributed by atoms with Crippen molar-refractivity contribution in [2.45, 2.75) is 0 Å². The van der Waals surface area contributed by atoms with Crippen molar-refractivity contribution in [2.24, 2.45) is 0 Å². The number of hydrogen-bond acceptors (Lipinski definition) is 1. The lowest BCUT2D eigenvalue weighted by atomic mass is 10.00. The van der Waals surface area contributed by atoms with Crippen molar-refractivity contribution in [1.82, 2.24) is 9.13 Å². The third-order valence-electron chi connectivity index (χ3n) is 11.5. The molecule has 0 spiro atoms. The van der Waals surface area contributed by atoms with E-state index in [1.54, 1.807) is 0 Å². The third-order valence-corrected chi connectivity index (χ3v) is 12.7. The number of rotatable bonds is 4. The summed E-state index contributed by atoms with van der Waals surface area (Å²) >= 11 is 1.87. The molecule has 12 aromatic rings. The Balaban J connectivity index is 1.08. The highest BCUT2D eigenvalue weighted by Gasteiger charge is 2.19. The second kappa shape index (κ2) is 11.8. The van der Waals surface area contributed by atoms with Crippen LogP contribution in [0.4, 0.5) is 0 Å². The summed E-state index contributed by atoms with van der Waals surface area (Å²) in [5.74, 6) is 0. The zero-order chi connectivity index (χ0) is 36.0. The van der Waals surface area contributed by atoms with Gasteiger partial charge in [-0.05, 0) is 82.7 Å². The molecule has 0 aliphatic rings. The van der Waals surface area contributed by atoms with Crippen LogP contribution in [0, 0.1) is 0 Å². The van der Waals surface area contributed by atoms with Gasteiger partial charge in [0, 0.05) is 58.4 Å². The van der Waals surface area contributed by atoms with Gasteiger partial charge >= 0.3 is 0 Å². The molecule has 0 saturated heterocycles. The number of thiophene rings is 1. The number of hydrogen-bond donors (Lipinski definition) is 0. The van der Waals surface area contributed by atoms with E-state index in [1.165, 1.54) is 108 Å². The van der Waals surface area contributed by atoms with Crippen molar-refractivity contribution < 1.29 is 0 Å². The van der Waals surface area contributed by atoms with Gasteiger partial charge in [-0.3, -0.25) is 0 Å². The van der Waals surface area contributed by atoms with Crippen LogP contribution in [0.2, 0.25) is 0 Å². The fourth-order valence-electron chi connectivity index (χ4n) is 9.02. The van der Waals surface area contributed by atoms with E-state index in [-0.39, 0.29) is 0 Å². The smallest absolute Gasteiger partial charge is 0.0619 e. The van der Waals surface area contributed by atoms with Gasteiger partial charge in [0.1, 0.15) is 0 Å². The maximum Gasteiger partial charge on any atom is 0.0619 e. The predicted molar refractivity (Wildman–Crippen MR) is 236 cm³/mol. The number of para-hydroxylation sites is 2. The Labute approximate surface area is 321 Å². The van der Waals surface area contributed by atoms with E-state index in [0.29, 0.717) is 0 Å². The van der Waals surface area contributed by atoms with Crippen molar-refractivity contribution in [3.05, 3.63) is 194 Å². The Morgan fingerprint density at radius 1 is 0.327 bits per heavy atom. The minimum Gasteiger partial charge on any atom is -0.309 e. The first kappa shape index (κ1) is 30.5. The molecule has 12 rings (SSSR count). The minimum absolute atomic E-state index is 1.18. The summed E-state index contributed by atoms with van der Waals surface area (Å²) in [6.07, 6.45) is 0. The Kier molecular flexibility index (Phi) is 6.54. The molecule has 256 valence electrons. The van der Waals surface area contributed by atoms with E-state index in [2.05, 4.69) is 203 Å². The number of benzene rings is 9. The van der Waals surface area contributed by atoms with Crippen LogP contribution in [0.5, 0.6) is 0 Å². The summed E-state index contributed by atoms with van der Waals surface area (Å²) in [6.45, 7) is 0. The first-order chi connectivity index (χ1) is 27.3. The summed E-state index contributed by atoms with van der Waals surface area (Å²) < 4.78 is 7.57. The summed E-state index contributed by atoms with van der Waals surface area (Å²) in [4.78, 5) is 0. The Morgan fingerprint density at radius 3 is 1.82 bits per heavy atom. The Morgan fingerprint density at radius 2 is 0.964 bits per heavy atom. The van der Waals surface area contributed by atoms with Gasteiger partial charge in [0.2, 0.25) is 0 Å². The highest BCUT2D eigenvalue weighted by Crippen LogP contribution is 2.42. The molecule has 0 radical (unpaired) electrons. The zero-order valence-corrected chi connectivity index (χ0v) is 30.6. The SMILES string of the molecule is c1ccc(-c2ccccc2-n2c3ccccc3c3cc(-c4ccc5c(c4)c4ccc6ccccc6c4n5-c4ccc5sc6ccccc6c5c4)ccc32)cc1. The molecule has 2 nitrogen and oxygen atoms in total. The summed E-state index contributed by atoms with van der Waals surface area (Å²) in [6, 6.07) is 71.5. The fraction of sp³-hybridized carbons (Fsp3) is 0. The van der Waals surface area contributed by atoms with E-state index in [1.807, 2.05) is 11.3 Å². The zero-order valence-electron chi connectivity index (χ0n) is 29.8. The van der Waals surface area contributed by atoms with Crippen molar-refractivity contribution in [3.8, 4) is 33.6 Å². The topological polar surface area (TPSA) is 9.86 Å². The van der Waals surface area contributed by atoms with Gasteiger partial charge < -0.3 is 9.13 Å². The van der Waals surface area contributed by atoms with Gasteiger partial charge in [-0.15, -0.1) is 11.3 Å². The first-order valence-corrected chi connectivity index (χ1v) is 19.7. The summed E-state index contributed by atoms with van der Waals surface area (Å²) in [5, 5.41) is 10.2. The highest BCUT2D eigenvalue weighted by atomic mass is 32.1. The first-order valence-electron chi connectivity index (χ1n) is 18.8. The molecule has 0 fully saturated rings. The fourth-order valence-corrected chi connectivity index (χ4v) is 10.1. The third kappa shape index (κ3) is 4.54. The average Bonchev–Trinajstić information content (AvgIpc) is 3.91. The second-order valence-electron chi connectivity index (χ2n) is 14.5. The standard InChI is InChI=1S/C52H32N2S/c1-2-12-33(13-3-1)38-15-6-9-19-46(38)54-47-20-10-7-17-40(47)43-30-35(24-28-49(43)54)36-23-27-48-44(31-36)42-26-22-34-14-4-5-16-39(34)52(42)53(48)37-25-29-51-45(32-37)41-18-8-11-21-50(41)55-51/h1-32H. The van der Waals surface area contributed by atoms with Gasteiger partial charge in [-0.2, -0.15) is 0 Å². The maximum atomic E-state index is 2.49. The monoisotopic (exact) mass is 716 g/mol. The lowest BCUT2D eigenvalue weighted by Gasteiger charge is -2.14. The van der Waals surface area contributed by atoms with Crippen molar-refractivity contribution in [2.75, 3.05) is 0 Å². The molecule has 0 unspecified atom stereocenters. The average molecular weight is 717 g/mol. The van der Waals surface area contributed by atoms with Crippen LogP contribution in [0.3, 0.4) is 0 Å². The van der Waals surface area contributed by atoms with E-state index in [9.17, 15) is 0 Å². The second-order valence-corrected chi connectivity index (χ2v) is 15.6. The lowest BCUT2D eigenvalue weighted by Crippen LogP contribution is -1.97. The maximum absolute atomic E-state index is 2.49. The summed E-state index contributed by atoms with van der Waals surface area (Å²) in [7, 11) is 0. The van der Waals surface area contributed by atoms with Gasteiger partial charge in [0.25, 0.3) is 0 Å². The molecule has 9 aromatic carbocycles. The Hall–Kier alpha value is -6.94. The molecule has 0 N–H and O–H groups in total. The van der Waals surface area contributed by atoms with Crippen LogP contribution in [0.25, 0.3) is 108 Å². The number of nitrogens with zero attached hydrogens (tertiary/aromatic N) is 2. The van der Waals surface area contributed by atoms with Gasteiger partial charge in [-0.1, -0.05) is 133 Å². The van der Waals surface area contributed by atoms with Crippen LogP contribution < -0.4 is 0 Å². The van der Waals surface area contributed by atoms with E-state index < -0.39 is 0 Å². The van der Waals surface area contributed by atoms with E-state index >= 15 is 0 Å². The summed E-state index contributed by atoms with van der Waals surface area (Å²) in [5.41, 5.74) is 12.1. The molecule has 0 aliphatic heterocycles. The van der Waals surface area contributed by atoms with Crippen LogP contribution in [-0.2, 0) is 0 Å². The van der Waals surface area contributed by atoms with Crippen LogP contribution in [0.1, 0.15) is 0 Å². The normalized spacial score (nSPS) is 12.0. The molecule has 0 bridgehead atoms. The lowest BCUT2D eigenvalue weighted by molar-refractivity contribution is 1.18. The largest absolute Gasteiger partial charge is 0.309 e. The molecule has 3 heteroatoms. The van der Waals surface area contributed by atoms with Crippen molar-refractivity contribution >= 4 is 85.9 Å². The molecule has 0 atom stereocenters. The van der Waals surface area contributed by atoms with Gasteiger partial charge in [0.15, 0.2) is 0 Å². The van der Waals surface area contributed by atoms with Gasteiger partial charge in [-0.25, -0.2) is 0 Å². The molecule has 0 saturated carbocycles. The molecule has 3 aromatic heterocycles. The molecule has 0 aliphatic carbocycles. The van der Waals surface area contributed by atoms with Crippen molar-refractivity contribution in [3.63, 3.8) is 0 Å². The minimum atomic E-state index is 1.18. The Bertz CT molecular complexity index is 3490.